The zero-order chi connectivity index (χ0) is 12.5. The number of hydrogen-bond donors (Lipinski definition) is 0. The molecule has 0 aliphatic carbocycles. The minimum Gasteiger partial charge on any atom is -0.454 e. The van der Waals surface area contributed by atoms with E-state index in [2.05, 4.69) is 0 Å². The average Bonchev–Trinajstić information content (AvgIpc) is 2.86. The van der Waals surface area contributed by atoms with Crippen molar-refractivity contribution in [2.24, 2.45) is 0 Å². The lowest BCUT2D eigenvalue weighted by molar-refractivity contribution is -0.384. The highest BCUT2D eigenvalue weighted by Gasteiger charge is 2.14. The maximum atomic E-state index is 10.7. The SMILES string of the molecule is O=[N+]([O-])c1cccc(-c2ccc3c(c2)OCO3)c1. The summed E-state index contributed by atoms with van der Waals surface area (Å²) in [6, 6.07) is 12.0. The average molecular weight is 243 g/mol. The number of nitro groups is 1. The van der Waals surface area contributed by atoms with E-state index in [1.807, 2.05) is 18.2 Å². The van der Waals surface area contributed by atoms with Crippen molar-refractivity contribution in [1.82, 2.24) is 0 Å². The molecule has 0 spiro atoms. The highest BCUT2D eigenvalue weighted by Crippen LogP contribution is 2.36. The second-order valence-corrected chi connectivity index (χ2v) is 3.88. The summed E-state index contributed by atoms with van der Waals surface area (Å²) in [5, 5.41) is 10.7. The van der Waals surface area contributed by atoms with Crippen molar-refractivity contribution in [3.8, 4) is 22.6 Å². The molecule has 5 heteroatoms. The second-order valence-electron chi connectivity index (χ2n) is 3.88. The fourth-order valence-corrected chi connectivity index (χ4v) is 1.88. The van der Waals surface area contributed by atoms with E-state index in [-0.39, 0.29) is 12.5 Å². The first-order valence-electron chi connectivity index (χ1n) is 5.38. The Morgan fingerprint density at radius 3 is 2.61 bits per heavy atom. The largest absolute Gasteiger partial charge is 0.454 e. The van der Waals surface area contributed by atoms with Gasteiger partial charge in [0.25, 0.3) is 5.69 Å². The van der Waals surface area contributed by atoms with E-state index in [0.29, 0.717) is 11.5 Å². The van der Waals surface area contributed by atoms with E-state index < -0.39 is 4.92 Å². The summed E-state index contributed by atoms with van der Waals surface area (Å²) in [7, 11) is 0. The molecule has 90 valence electrons. The van der Waals surface area contributed by atoms with Gasteiger partial charge in [-0.25, -0.2) is 0 Å². The fraction of sp³-hybridized carbons (Fsp3) is 0.0769. The molecule has 2 aromatic carbocycles. The van der Waals surface area contributed by atoms with E-state index in [1.165, 1.54) is 12.1 Å². The number of nitrogens with zero attached hydrogens (tertiary/aromatic N) is 1. The Hall–Kier alpha value is -2.56. The number of rotatable bonds is 2. The molecule has 0 amide bonds. The van der Waals surface area contributed by atoms with E-state index >= 15 is 0 Å². The highest BCUT2D eigenvalue weighted by molar-refractivity contribution is 5.69. The molecule has 0 fully saturated rings. The summed E-state index contributed by atoms with van der Waals surface area (Å²) in [5.41, 5.74) is 1.72. The molecule has 0 saturated carbocycles. The molecule has 0 N–H and O–H groups in total. The van der Waals surface area contributed by atoms with Crippen LogP contribution >= 0.6 is 0 Å². The summed E-state index contributed by atoms with van der Waals surface area (Å²) in [5.74, 6) is 1.36. The van der Waals surface area contributed by atoms with Crippen LogP contribution in [-0.2, 0) is 0 Å². The van der Waals surface area contributed by atoms with E-state index in [9.17, 15) is 10.1 Å². The molecule has 3 rings (SSSR count). The normalized spacial score (nSPS) is 12.4. The van der Waals surface area contributed by atoms with Crippen molar-refractivity contribution in [2.75, 3.05) is 6.79 Å². The van der Waals surface area contributed by atoms with Gasteiger partial charge in [0.2, 0.25) is 6.79 Å². The number of non-ortho nitro benzene ring substituents is 1. The predicted octanol–water partition coefficient (Wildman–Crippen LogP) is 2.99. The zero-order valence-electron chi connectivity index (χ0n) is 9.33. The molecule has 0 saturated heterocycles. The number of benzene rings is 2. The summed E-state index contributed by atoms with van der Waals surface area (Å²) < 4.78 is 10.5. The van der Waals surface area contributed by atoms with Gasteiger partial charge in [-0.05, 0) is 23.3 Å². The monoisotopic (exact) mass is 243 g/mol. The van der Waals surface area contributed by atoms with E-state index in [1.54, 1.807) is 12.1 Å². The van der Waals surface area contributed by atoms with E-state index in [4.69, 9.17) is 9.47 Å². The lowest BCUT2D eigenvalue weighted by Crippen LogP contribution is -1.92. The van der Waals surface area contributed by atoms with Crippen molar-refractivity contribution in [3.05, 3.63) is 52.6 Å². The molecule has 5 nitrogen and oxygen atoms in total. The van der Waals surface area contributed by atoms with Gasteiger partial charge >= 0.3 is 0 Å². The Morgan fingerprint density at radius 1 is 1.00 bits per heavy atom. The Kier molecular flexibility index (Phi) is 2.37. The van der Waals surface area contributed by atoms with Crippen LogP contribution in [0.2, 0.25) is 0 Å². The molecule has 18 heavy (non-hydrogen) atoms. The van der Waals surface area contributed by atoms with Gasteiger partial charge in [0.1, 0.15) is 0 Å². The lowest BCUT2D eigenvalue weighted by atomic mass is 10.0. The third-order valence-electron chi connectivity index (χ3n) is 2.76. The smallest absolute Gasteiger partial charge is 0.270 e. The van der Waals surface area contributed by atoms with Crippen molar-refractivity contribution in [1.29, 1.82) is 0 Å². The van der Waals surface area contributed by atoms with Crippen LogP contribution in [0.4, 0.5) is 5.69 Å². The Bertz CT molecular complexity index is 624. The first kappa shape index (κ1) is 10.6. The molecule has 1 heterocycles. The molecule has 2 aromatic rings. The molecule has 0 atom stereocenters. The summed E-state index contributed by atoms with van der Waals surface area (Å²) in [4.78, 5) is 10.3. The first-order chi connectivity index (χ1) is 8.74. The number of nitro benzene ring substituents is 1. The van der Waals surface area contributed by atoms with Gasteiger partial charge in [0.05, 0.1) is 4.92 Å². The van der Waals surface area contributed by atoms with Gasteiger partial charge in [-0.15, -0.1) is 0 Å². The van der Waals surface area contributed by atoms with Crippen LogP contribution in [0, 0.1) is 10.1 Å². The van der Waals surface area contributed by atoms with E-state index in [0.717, 1.165) is 11.1 Å². The molecule has 0 aromatic heterocycles. The first-order valence-corrected chi connectivity index (χ1v) is 5.38. The highest BCUT2D eigenvalue weighted by atomic mass is 16.7. The van der Waals surface area contributed by atoms with Crippen molar-refractivity contribution in [2.45, 2.75) is 0 Å². The predicted molar refractivity (Wildman–Crippen MR) is 64.7 cm³/mol. The lowest BCUT2D eigenvalue weighted by Gasteiger charge is -2.03. The van der Waals surface area contributed by atoms with Gasteiger partial charge in [-0.2, -0.15) is 0 Å². The van der Waals surface area contributed by atoms with Crippen LogP contribution in [0.5, 0.6) is 11.5 Å². The van der Waals surface area contributed by atoms with Gasteiger partial charge in [0.15, 0.2) is 11.5 Å². The molecule has 0 radical (unpaired) electrons. The Morgan fingerprint density at radius 2 is 1.78 bits per heavy atom. The van der Waals surface area contributed by atoms with Crippen LogP contribution in [-0.4, -0.2) is 11.7 Å². The molecule has 0 unspecified atom stereocenters. The van der Waals surface area contributed by atoms with Crippen molar-refractivity contribution >= 4 is 5.69 Å². The third-order valence-corrected chi connectivity index (χ3v) is 2.76. The van der Waals surface area contributed by atoms with Crippen LogP contribution in [0.3, 0.4) is 0 Å². The molecule has 0 bridgehead atoms. The summed E-state index contributed by atoms with van der Waals surface area (Å²) in [6.45, 7) is 0.216. The van der Waals surface area contributed by atoms with Gasteiger partial charge < -0.3 is 9.47 Å². The second kappa shape index (κ2) is 4.03. The maximum Gasteiger partial charge on any atom is 0.270 e. The zero-order valence-corrected chi connectivity index (χ0v) is 9.33. The Labute approximate surface area is 103 Å². The van der Waals surface area contributed by atoms with Crippen molar-refractivity contribution in [3.63, 3.8) is 0 Å². The van der Waals surface area contributed by atoms with Gasteiger partial charge in [0, 0.05) is 12.1 Å². The Balaban J connectivity index is 2.04. The third kappa shape index (κ3) is 1.75. The van der Waals surface area contributed by atoms with Crippen LogP contribution in [0.25, 0.3) is 11.1 Å². The fourth-order valence-electron chi connectivity index (χ4n) is 1.88. The molecule has 1 aliphatic rings. The molecular formula is C13H9NO4. The van der Waals surface area contributed by atoms with Crippen molar-refractivity contribution < 1.29 is 14.4 Å². The van der Waals surface area contributed by atoms with Crippen LogP contribution in [0.15, 0.2) is 42.5 Å². The number of hydrogen-bond acceptors (Lipinski definition) is 4. The molecule has 1 aliphatic heterocycles. The standard InChI is InChI=1S/C13H9NO4/c15-14(16)11-3-1-2-9(6-11)10-4-5-12-13(7-10)18-8-17-12/h1-7H,8H2. The van der Waals surface area contributed by atoms with Crippen LogP contribution in [0.1, 0.15) is 0 Å². The quantitative estimate of drug-likeness (QED) is 0.600. The topological polar surface area (TPSA) is 61.6 Å². The molecular weight excluding hydrogens is 234 g/mol. The number of fused-ring (bicyclic) bond motifs is 1. The minimum atomic E-state index is -0.406. The van der Waals surface area contributed by atoms with Gasteiger partial charge in [-0.3, -0.25) is 10.1 Å². The summed E-state index contributed by atoms with van der Waals surface area (Å²) in [6.07, 6.45) is 0. The summed E-state index contributed by atoms with van der Waals surface area (Å²) >= 11 is 0. The minimum absolute atomic E-state index is 0.0742. The maximum absolute atomic E-state index is 10.7. The van der Waals surface area contributed by atoms with Gasteiger partial charge in [-0.1, -0.05) is 18.2 Å². The van der Waals surface area contributed by atoms with Crippen LogP contribution < -0.4 is 9.47 Å². The number of ether oxygens (including phenoxy) is 2.